The molecule has 24 heavy (non-hydrogen) atoms. The first-order valence-corrected chi connectivity index (χ1v) is 8.40. The number of fused-ring (bicyclic) bond motifs is 2. The van der Waals surface area contributed by atoms with Crippen LogP contribution in [0.2, 0.25) is 0 Å². The zero-order chi connectivity index (χ0) is 16.5. The van der Waals surface area contributed by atoms with Gasteiger partial charge in [0.2, 0.25) is 0 Å². The molecule has 0 spiro atoms. The minimum atomic E-state index is -0.00237. The van der Waals surface area contributed by atoms with Crippen molar-refractivity contribution in [3.8, 4) is 11.5 Å². The minimum absolute atomic E-state index is 0.00237. The van der Waals surface area contributed by atoms with Crippen LogP contribution in [0.3, 0.4) is 0 Å². The highest BCUT2D eigenvalue weighted by molar-refractivity contribution is 5.87. The molecule has 1 unspecified atom stereocenters. The molecular weight excluding hydrogens is 302 g/mol. The standard InChI is InChI=1S/C19H21N3O2/c1-12(20)10-23-14-4-6-16-18(8-14)21-17-7-5-15(9-19(17)22-16)24-11-13-2-3-13/h4-9,12-13H,2-3,10-11,20H2,1H3. The Bertz CT molecular complexity index is 809. The van der Waals surface area contributed by atoms with E-state index in [1.54, 1.807) is 0 Å². The first-order valence-electron chi connectivity index (χ1n) is 8.40. The fraction of sp³-hybridized carbons (Fsp3) is 0.368. The SMILES string of the molecule is CC(N)COc1ccc2nc3cc(OCC4CC4)ccc3nc2c1. The van der Waals surface area contributed by atoms with Gasteiger partial charge in [-0.15, -0.1) is 0 Å². The largest absolute Gasteiger partial charge is 0.493 e. The summed E-state index contributed by atoms with van der Waals surface area (Å²) in [5.41, 5.74) is 9.08. The van der Waals surface area contributed by atoms with E-state index in [9.17, 15) is 0 Å². The third kappa shape index (κ3) is 3.41. The molecule has 0 aliphatic heterocycles. The minimum Gasteiger partial charge on any atom is -0.493 e. The van der Waals surface area contributed by atoms with Crippen LogP contribution in [0.25, 0.3) is 22.1 Å². The lowest BCUT2D eigenvalue weighted by molar-refractivity contribution is 0.296. The summed E-state index contributed by atoms with van der Waals surface area (Å²) in [6.45, 7) is 3.19. The molecule has 0 saturated heterocycles. The van der Waals surface area contributed by atoms with E-state index < -0.39 is 0 Å². The number of aromatic nitrogens is 2. The Balaban J connectivity index is 1.62. The maximum absolute atomic E-state index is 5.82. The zero-order valence-electron chi connectivity index (χ0n) is 13.7. The third-order valence-electron chi connectivity index (χ3n) is 4.07. The molecule has 5 heteroatoms. The van der Waals surface area contributed by atoms with Crippen molar-refractivity contribution in [2.24, 2.45) is 11.7 Å². The van der Waals surface area contributed by atoms with Crippen LogP contribution in [0.4, 0.5) is 0 Å². The first kappa shape index (κ1) is 15.1. The van der Waals surface area contributed by atoms with Crippen LogP contribution in [-0.2, 0) is 0 Å². The Morgan fingerprint density at radius 3 is 2.08 bits per heavy atom. The van der Waals surface area contributed by atoms with Crippen molar-refractivity contribution in [1.29, 1.82) is 0 Å². The second kappa shape index (κ2) is 6.24. The highest BCUT2D eigenvalue weighted by Gasteiger charge is 2.21. The van der Waals surface area contributed by atoms with Gasteiger partial charge in [-0.25, -0.2) is 9.97 Å². The Labute approximate surface area is 140 Å². The molecule has 2 N–H and O–H groups in total. The zero-order valence-corrected chi connectivity index (χ0v) is 13.7. The van der Waals surface area contributed by atoms with Crippen LogP contribution in [-0.4, -0.2) is 29.2 Å². The van der Waals surface area contributed by atoms with E-state index in [2.05, 4.69) is 4.98 Å². The number of hydrogen-bond acceptors (Lipinski definition) is 5. The molecule has 1 aliphatic rings. The van der Waals surface area contributed by atoms with Crippen LogP contribution >= 0.6 is 0 Å². The van der Waals surface area contributed by atoms with Crippen LogP contribution in [0.5, 0.6) is 11.5 Å². The van der Waals surface area contributed by atoms with Gasteiger partial charge >= 0.3 is 0 Å². The summed E-state index contributed by atoms with van der Waals surface area (Å²) in [4.78, 5) is 9.38. The predicted octanol–water partition coefficient (Wildman–Crippen LogP) is 3.30. The molecule has 0 bridgehead atoms. The fourth-order valence-corrected chi connectivity index (χ4v) is 2.54. The van der Waals surface area contributed by atoms with E-state index in [4.69, 9.17) is 20.2 Å². The molecule has 3 aromatic rings. The van der Waals surface area contributed by atoms with E-state index >= 15 is 0 Å². The van der Waals surface area contributed by atoms with Gasteiger partial charge in [0, 0.05) is 18.2 Å². The molecule has 1 aromatic heterocycles. The second-order valence-corrected chi connectivity index (χ2v) is 6.57. The molecule has 1 heterocycles. The monoisotopic (exact) mass is 323 g/mol. The highest BCUT2D eigenvalue weighted by Crippen LogP contribution is 2.30. The van der Waals surface area contributed by atoms with Crippen LogP contribution in [0, 0.1) is 5.92 Å². The lowest BCUT2D eigenvalue weighted by Gasteiger charge is -2.10. The number of nitrogens with zero attached hydrogens (tertiary/aromatic N) is 2. The number of nitrogens with two attached hydrogens (primary N) is 1. The quantitative estimate of drug-likeness (QED) is 0.705. The summed E-state index contributed by atoms with van der Waals surface area (Å²) >= 11 is 0. The Kier molecular flexibility index (Phi) is 3.94. The van der Waals surface area contributed by atoms with Crippen molar-refractivity contribution in [1.82, 2.24) is 9.97 Å². The van der Waals surface area contributed by atoms with Gasteiger partial charge in [0.05, 0.1) is 28.7 Å². The highest BCUT2D eigenvalue weighted by atomic mass is 16.5. The summed E-state index contributed by atoms with van der Waals surface area (Å²) in [5, 5.41) is 0. The number of ether oxygens (including phenoxy) is 2. The summed E-state index contributed by atoms with van der Waals surface area (Å²) < 4.78 is 11.5. The number of benzene rings is 2. The van der Waals surface area contributed by atoms with Gasteiger partial charge in [0.25, 0.3) is 0 Å². The van der Waals surface area contributed by atoms with Gasteiger partial charge in [-0.05, 0) is 49.9 Å². The Morgan fingerprint density at radius 2 is 1.54 bits per heavy atom. The molecule has 1 saturated carbocycles. The third-order valence-corrected chi connectivity index (χ3v) is 4.07. The van der Waals surface area contributed by atoms with E-state index in [1.165, 1.54) is 12.8 Å². The van der Waals surface area contributed by atoms with E-state index in [0.717, 1.165) is 46.1 Å². The van der Waals surface area contributed by atoms with Crippen LogP contribution in [0.1, 0.15) is 19.8 Å². The smallest absolute Gasteiger partial charge is 0.121 e. The van der Waals surface area contributed by atoms with Crippen LogP contribution < -0.4 is 15.2 Å². The lowest BCUT2D eigenvalue weighted by atomic mass is 10.2. The normalized spacial score (nSPS) is 15.6. The Morgan fingerprint density at radius 1 is 0.958 bits per heavy atom. The fourth-order valence-electron chi connectivity index (χ4n) is 2.54. The number of hydrogen-bond donors (Lipinski definition) is 1. The van der Waals surface area contributed by atoms with Gasteiger partial charge in [-0.3, -0.25) is 0 Å². The molecule has 5 nitrogen and oxygen atoms in total. The van der Waals surface area contributed by atoms with Gasteiger partial charge in [-0.1, -0.05) is 0 Å². The molecule has 1 atom stereocenters. The predicted molar refractivity (Wildman–Crippen MR) is 94.4 cm³/mol. The van der Waals surface area contributed by atoms with Gasteiger partial charge in [0.15, 0.2) is 0 Å². The maximum atomic E-state index is 5.82. The summed E-state index contributed by atoms with van der Waals surface area (Å²) in [6.07, 6.45) is 2.57. The molecule has 0 radical (unpaired) electrons. The van der Waals surface area contributed by atoms with E-state index in [1.807, 2.05) is 43.3 Å². The summed E-state index contributed by atoms with van der Waals surface area (Å²) in [5.74, 6) is 2.36. The molecule has 124 valence electrons. The Hall–Kier alpha value is -2.40. The van der Waals surface area contributed by atoms with E-state index in [-0.39, 0.29) is 6.04 Å². The van der Waals surface area contributed by atoms with Crippen molar-refractivity contribution in [3.63, 3.8) is 0 Å². The van der Waals surface area contributed by atoms with Crippen molar-refractivity contribution in [2.45, 2.75) is 25.8 Å². The topological polar surface area (TPSA) is 70.3 Å². The van der Waals surface area contributed by atoms with Crippen molar-refractivity contribution in [3.05, 3.63) is 36.4 Å². The molecule has 2 aromatic carbocycles. The van der Waals surface area contributed by atoms with Crippen molar-refractivity contribution < 1.29 is 9.47 Å². The number of rotatable bonds is 6. The van der Waals surface area contributed by atoms with E-state index in [0.29, 0.717) is 6.61 Å². The van der Waals surface area contributed by atoms with Gasteiger partial charge in [-0.2, -0.15) is 0 Å². The van der Waals surface area contributed by atoms with Crippen LogP contribution in [0.15, 0.2) is 36.4 Å². The second-order valence-electron chi connectivity index (χ2n) is 6.57. The molecule has 1 aliphatic carbocycles. The molecular formula is C19H21N3O2. The average molecular weight is 323 g/mol. The molecule has 1 fully saturated rings. The maximum Gasteiger partial charge on any atom is 0.121 e. The molecule has 0 amide bonds. The van der Waals surface area contributed by atoms with Gasteiger partial charge < -0.3 is 15.2 Å². The molecule has 4 rings (SSSR count). The van der Waals surface area contributed by atoms with Crippen molar-refractivity contribution in [2.75, 3.05) is 13.2 Å². The summed E-state index contributed by atoms with van der Waals surface area (Å²) in [6, 6.07) is 11.6. The van der Waals surface area contributed by atoms with Gasteiger partial charge in [0.1, 0.15) is 18.1 Å². The lowest BCUT2D eigenvalue weighted by Crippen LogP contribution is -2.23. The summed E-state index contributed by atoms with van der Waals surface area (Å²) in [7, 11) is 0. The average Bonchev–Trinajstić information content (AvgIpc) is 3.40. The van der Waals surface area contributed by atoms with Crippen molar-refractivity contribution >= 4 is 22.1 Å². The first-order chi connectivity index (χ1) is 11.7.